The molecular weight excluding hydrogens is 348 g/mol. The minimum Gasteiger partial charge on any atom is -0.308 e. The molecule has 1 aliphatic heterocycles. The van der Waals surface area contributed by atoms with Crippen molar-refractivity contribution in [2.45, 2.75) is 38.1 Å². The van der Waals surface area contributed by atoms with Crippen LogP contribution < -0.4 is 4.90 Å². The molecule has 0 bridgehead atoms. The second-order valence-corrected chi connectivity index (χ2v) is 8.99. The summed E-state index contributed by atoms with van der Waals surface area (Å²) >= 11 is 0. The Labute approximate surface area is 155 Å². The van der Waals surface area contributed by atoms with Crippen LogP contribution in [0.25, 0.3) is 0 Å². The number of nitrogens with zero attached hydrogens (tertiary/aromatic N) is 2. The van der Waals surface area contributed by atoms with Crippen LogP contribution in [0.1, 0.15) is 23.6 Å². The quantitative estimate of drug-likeness (QED) is 0.829. The lowest BCUT2D eigenvalue weighted by Crippen LogP contribution is -2.43. The van der Waals surface area contributed by atoms with Crippen molar-refractivity contribution in [3.8, 4) is 0 Å². The Hall–Kier alpha value is -2.18. The van der Waals surface area contributed by atoms with Gasteiger partial charge in [0.05, 0.1) is 11.4 Å². The van der Waals surface area contributed by atoms with Gasteiger partial charge in [0.15, 0.2) is 0 Å². The number of para-hydroxylation sites is 1. The van der Waals surface area contributed by atoms with Crippen LogP contribution in [0.15, 0.2) is 47.4 Å². The van der Waals surface area contributed by atoms with Crippen molar-refractivity contribution in [2.75, 3.05) is 18.5 Å². The number of carbonyl (C=O) groups excluding carboxylic acids is 1. The third-order valence-electron chi connectivity index (χ3n) is 4.87. The SMILES string of the molecule is Cc1ccc(C)c(S(=O)(=O)N(C)CC(=O)N2c3ccccc3C[C@@H]2C)c1. The van der Waals surface area contributed by atoms with Crippen molar-refractivity contribution in [2.24, 2.45) is 0 Å². The number of hydrogen-bond acceptors (Lipinski definition) is 3. The average molecular weight is 372 g/mol. The number of anilines is 1. The molecule has 138 valence electrons. The number of sulfonamides is 1. The van der Waals surface area contributed by atoms with Crippen LogP contribution >= 0.6 is 0 Å². The molecule has 0 unspecified atom stereocenters. The van der Waals surface area contributed by atoms with E-state index in [-0.39, 0.29) is 23.4 Å². The van der Waals surface area contributed by atoms with Gasteiger partial charge in [-0.3, -0.25) is 4.79 Å². The molecule has 2 aromatic carbocycles. The van der Waals surface area contributed by atoms with E-state index in [0.29, 0.717) is 5.56 Å². The van der Waals surface area contributed by atoms with E-state index < -0.39 is 10.0 Å². The second kappa shape index (κ2) is 6.85. The van der Waals surface area contributed by atoms with Crippen LogP contribution in [-0.2, 0) is 21.2 Å². The van der Waals surface area contributed by atoms with E-state index in [9.17, 15) is 13.2 Å². The Bertz CT molecular complexity index is 953. The van der Waals surface area contributed by atoms with Crippen molar-refractivity contribution < 1.29 is 13.2 Å². The maximum absolute atomic E-state index is 12.9. The highest BCUT2D eigenvalue weighted by Gasteiger charge is 2.33. The summed E-state index contributed by atoms with van der Waals surface area (Å²) in [6, 6.07) is 13.1. The molecule has 2 aromatic rings. The smallest absolute Gasteiger partial charge is 0.243 e. The average Bonchev–Trinajstić information content (AvgIpc) is 2.92. The van der Waals surface area contributed by atoms with Crippen molar-refractivity contribution in [3.05, 3.63) is 59.2 Å². The minimum absolute atomic E-state index is 0.0247. The summed E-state index contributed by atoms with van der Waals surface area (Å²) in [4.78, 5) is 14.8. The number of likely N-dealkylation sites (N-methyl/N-ethyl adjacent to an activating group) is 1. The summed E-state index contributed by atoms with van der Waals surface area (Å²) in [5.41, 5.74) is 3.54. The fourth-order valence-corrected chi connectivity index (χ4v) is 4.88. The molecule has 0 aliphatic carbocycles. The van der Waals surface area contributed by atoms with E-state index in [1.807, 2.05) is 44.2 Å². The Kier molecular flexibility index (Phi) is 4.90. The number of aryl methyl sites for hydroxylation is 2. The van der Waals surface area contributed by atoms with E-state index in [1.165, 1.54) is 7.05 Å². The van der Waals surface area contributed by atoms with Gasteiger partial charge in [-0.25, -0.2) is 8.42 Å². The maximum atomic E-state index is 12.9. The van der Waals surface area contributed by atoms with Crippen molar-refractivity contribution in [3.63, 3.8) is 0 Å². The molecule has 1 aliphatic rings. The largest absolute Gasteiger partial charge is 0.308 e. The van der Waals surface area contributed by atoms with Gasteiger partial charge in [0, 0.05) is 18.8 Å². The standard InChI is InChI=1S/C20H24N2O3S/c1-14-9-10-15(2)19(11-14)26(24,25)21(4)13-20(23)22-16(3)12-17-7-5-6-8-18(17)22/h5-11,16H,12-13H2,1-4H3/t16-/m0/s1. The number of hydrogen-bond donors (Lipinski definition) is 0. The monoisotopic (exact) mass is 372 g/mol. The fraction of sp³-hybridized carbons (Fsp3) is 0.350. The van der Waals surface area contributed by atoms with Crippen molar-refractivity contribution >= 4 is 21.6 Å². The highest BCUT2D eigenvalue weighted by molar-refractivity contribution is 7.89. The molecule has 0 saturated heterocycles. The van der Waals surface area contributed by atoms with Gasteiger partial charge in [-0.05, 0) is 56.0 Å². The van der Waals surface area contributed by atoms with E-state index in [0.717, 1.165) is 27.5 Å². The van der Waals surface area contributed by atoms with Crippen LogP contribution in [0.3, 0.4) is 0 Å². The molecule has 0 spiro atoms. The predicted octanol–water partition coefficient (Wildman–Crippen LogP) is 2.90. The van der Waals surface area contributed by atoms with E-state index in [2.05, 4.69) is 0 Å². The number of carbonyl (C=O) groups is 1. The van der Waals surface area contributed by atoms with E-state index in [1.54, 1.807) is 24.0 Å². The summed E-state index contributed by atoms with van der Waals surface area (Å²) in [5, 5.41) is 0. The lowest BCUT2D eigenvalue weighted by atomic mass is 10.1. The molecule has 0 aromatic heterocycles. The highest BCUT2D eigenvalue weighted by Crippen LogP contribution is 2.32. The first-order valence-electron chi connectivity index (χ1n) is 8.65. The van der Waals surface area contributed by atoms with Gasteiger partial charge in [0.2, 0.25) is 15.9 Å². The molecule has 6 heteroatoms. The van der Waals surface area contributed by atoms with Crippen LogP contribution in [0.5, 0.6) is 0 Å². The molecule has 26 heavy (non-hydrogen) atoms. The van der Waals surface area contributed by atoms with Crippen LogP contribution in [-0.4, -0.2) is 38.3 Å². The van der Waals surface area contributed by atoms with Crippen molar-refractivity contribution in [1.29, 1.82) is 0 Å². The Balaban J connectivity index is 1.84. The van der Waals surface area contributed by atoms with Crippen molar-refractivity contribution in [1.82, 2.24) is 4.31 Å². The Morgan fingerprint density at radius 1 is 1.19 bits per heavy atom. The van der Waals surface area contributed by atoms with E-state index in [4.69, 9.17) is 0 Å². The summed E-state index contributed by atoms with van der Waals surface area (Å²) in [5.74, 6) is -0.209. The molecule has 1 heterocycles. The number of amides is 1. The third-order valence-corrected chi connectivity index (χ3v) is 6.81. The summed E-state index contributed by atoms with van der Waals surface area (Å²) in [7, 11) is -2.27. The fourth-order valence-electron chi connectivity index (χ4n) is 3.45. The zero-order valence-electron chi connectivity index (χ0n) is 15.6. The summed E-state index contributed by atoms with van der Waals surface area (Å²) in [6.45, 7) is 5.42. The number of benzene rings is 2. The molecule has 0 N–H and O–H groups in total. The Morgan fingerprint density at radius 2 is 1.88 bits per heavy atom. The molecule has 3 rings (SSSR count). The van der Waals surface area contributed by atoms with E-state index >= 15 is 0 Å². The minimum atomic E-state index is -3.73. The molecule has 5 nitrogen and oxygen atoms in total. The number of fused-ring (bicyclic) bond motifs is 1. The lowest BCUT2D eigenvalue weighted by Gasteiger charge is -2.26. The van der Waals surface area contributed by atoms with Gasteiger partial charge in [0.25, 0.3) is 0 Å². The molecule has 1 amide bonds. The predicted molar refractivity (Wildman–Crippen MR) is 103 cm³/mol. The third kappa shape index (κ3) is 3.27. The first kappa shape index (κ1) is 18.6. The van der Waals surface area contributed by atoms with Crippen LogP contribution in [0.2, 0.25) is 0 Å². The zero-order chi connectivity index (χ0) is 19.1. The highest BCUT2D eigenvalue weighted by atomic mass is 32.2. The normalized spacial score (nSPS) is 16.8. The molecule has 0 radical (unpaired) electrons. The topological polar surface area (TPSA) is 57.7 Å². The van der Waals surface area contributed by atoms with Gasteiger partial charge in [-0.2, -0.15) is 4.31 Å². The second-order valence-electron chi connectivity index (χ2n) is 6.98. The van der Waals surface area contributed by atoms with Gasteiger partial charge in [-0.1, -0.05) is 30.3 Å². The molecule has 1 atom stereocenters. The molecular formula is C20H24N2O3S. The molecule has 0 saturated carbocycles. The molecule has 0 fully saturated rings. The van der Waals surface area contributed by atoms with Crippen LogP contribution in [0, 0.1) is 13.8 Å². The zero-order valence-corrected chi connectivity index (χ0v) is 16.4. The van der Waals surface area contributed by atoms with Gasteiger partial charge < -0.3 is 4.90 Å². The number of rotatable bonds is 4. The first-order chi connectivity index (χ1) is 12.2. The Morgan fingerprint density at radius 3 is 2.62 bits per heavy atom. The summed E-state index contributed by atoms with van der Waals surface area (Å²) < 4.78 is 27.0. The van der Waals surface area contributed by atoms with Gasteiger partial charge >= 0.3 is 0 Å². The van der Waals surface area contributed by atoms with Gasteiger partial charge in [0.1, 0.15) is 0 Å². The first-order valence-corrected chi connectivity index (χ1v) is 10.1. The summed E-state index contributed by atoms with van der Waals surface area (Å²) in [6.07, 6.45) is 0.787. The lowest BCUT2D eigenvalue weighted by molar-refractivity contribution is -0.118. The maximum Gasteiger partial charge on any atom is 0.243 e. The van der Waals surface area contributed by atoms with Gasteiger partial charge in [-0.15, -0.1) is 0 Å². The van der Waals surface area contributed by atoms with Crippen LogP contribution in [0.4, 0.5) is 5.69 Å².